The summed E-state index contributed by atoms with van der Waals surface area (Å²) in [7, 11) is 0. The number of nitrogens with one attached hydrogen (secondary N) is 2. The maximum absolute atomic E-state index is 12.1. The van der Waals surface area contributed by atoms with Crippen LogP contribution in [0.3, 0.4) is 0 Å². The summed E-state index contributed by atoms with van der Waals surface area (Å²) in [6.07, 6.45) is 0.944. The second kappa shape index (κ2) is 9.89. The Labute approximate surface area is 154 Å². The van der Waals surface area contributed by atoms with Crippen molar-refractivity contribution >= 4 is 23.2 Å². The normalized spacial score (nSPS) is 17.2. The van der Waals surface area contributed by atoms with Gasteiger partial charge in [-0.05, 0) is 37.3 Å². The fourth-order valence-corrected chi connectivity index (χ4v) is 3.60. The molecular weight excluding hydrogens is 336 g/mol. The van der Waals surface area contributed by atoms with Crippen LogP contribution in [-0.2, 0) is 16.1 Å². The molecule has 0 aromatic carbocycles. The van der Waals surface area contributed by atoms with Gasteiger partial charge in [-0.2, -0.15) is 0 Å². The molecule has 25 heavy (non-hydrogen) atoms. The highest BCUT2D eigenvalue weighted by Crippen LogP contribution is 2.14. The van der Waals surface area contributed by atoms with Crippen LogP contribution in [0.2, 0.25) is 0 Å². The molecule has 7 heteroatoms. The van der Waals surface area contributed by atoms with Crippen LogP contribution in [0.15, 0.2) is 11.4 Å². The molecule has 0 saturated carbocycles. The van der Waals surface area contributed by atoms with Crippen LogP contribution in [0, 0.1) is 6.92 Å². The molecular formula is C18H30N4O2S. The minimum Gasteiger partial charge on any atom is -0.353 e. The first kappa shape index (κ1) is 19.9. The van der Waals surface area contributed by atoms with Gasteiger partial charge < -0.3 is 10.6 Å². The van der Waals surface area contributed by atoms with Gasteiger partial charge >= 0.3 is 0 Å². The van der Waals surface area contributed by atoms with Crippen molar-refractivity contribution in [1.82, 2.24) is 20.4 Å². The fraction of sp³-hybridized carbons (Fsp3) is 0.667. The zero-order valence-electron chi connectivity index (χ0n) is 15.5. The summed E-state index contributed by atoms with van der Waals surface area (Å²) in [5.41, 5.74) is 1.23. The molecule has 2 heterocycles. The van der Waals surface area contributed by atoms with Crippen molar-refractivity contribution in [3.63, 3.8) is 0 Å². The number of carbonyl (C=O) groups is 2. The average Bonchev–Trinajstić information content (AvgIpc) is 2.99. The van der Waals surface area contributed by atoms with E-state index in [1.54, 1.807) is 11.3 Å². The van der Waals surface area contributed by atoms with Gasteiger partial charge in [0.25, 0.3) is 0 Å². The highest BCUT2D eigenvalue weighted by molar-refractivity contribution is 7.10. The second-order valence-corrected chi connectivity index (χ2v) is 7.73. The first-order valence-corrected chi connectivity index (χ1v) is 9.89. The Morgan fingerprint density at radius 1 is 1.16 bits per heavy atom. The van der Waals surface area contributed by atoms with E-state index in [-0.39, 0.29) is 17.9 Å². The third-order valence-electron chi connectivity index (χ3n) is 4.63. The molecule has 1 aromatic rings. The third kappa shape index (κ3) is 6.76. The molecule has 2 amide bonds. The smallest absolute Gasteiger partial charge is 0.234 e. The number of aryl methyl sites for hydroxylation is 1. The topological polar surface area (TPSA) is 64.7 Å². The molecule has 1 aliphatic heterocycles. The lowest BCUT2D eigenvalue weighted by atomic mass is 10.2. The molecule has 140 valence electrons. The molecule has 6 nitrogen and oxygen atoms in total. The van der Waals surface area contributed by atoms with E-state index in [0.717, 1.165) is 32.6 Å². The van der Waals surface area contributed by atoms with Crippen molar-refractivity contribution in [2.75, 3.05) is 39.3 Å². The number of thiophene rings is 1. The Balaban J connectivity index is 1.63. The molecule has 1 saturated heterocycles. The van der Waals surface area contributed by atoms with Crippen LogP contribution in [0.1, 0.15) is 30.7 Å². The largest absolute Gasteiger partial charge is 0.353 e. The number of carbonyl (C=O) groups excluding carboxylic acids is 2. The number of hydrogen-bond donors (Lipinski definition) is 2. The van der Waals surface area contributed by atoms with E-state index in [0.29, 0.717) is 19.6 Å². The van der Waals surface area contributed by atoms with Gasteiger partial charge in [-0.15, -0.1) is 11.3 Å². The predicted octanol–water partition coefficient (Wildman–Crippen LogP) is 1.21. The van der Waals surface area contributed by atoms with Gasteiger partial charge in [0.15, 0.2) is 0 Å². The molecule has 1 atom stereocenters. The van der Waals surface area contributed by atoms with Crippen molar-refractivity contribution in [3.8, 4) is 0 Å². The average molecular weight is 367 g/mol. The number of nitrogens with zero attached hydrogens (tertiary/aromatic N) is 2. The van der Waals surface area contributed by atoms with Gasteiger partial charge in [-0.1, -0.05) is 6.92 Å². The highest BCUT2D eigenvalue weighted by atomic mass is 32.1. The van der Waals surface area contributed by atoms with Crippen LogP contribution in [-0.4, -0.2) is 66.9 Å². The minimum absolute atomic E-state index is 0.0655. The molecule has 2 N–H and O–H groups in total. The van der Waals surface area contributed by atoms with Gasteiger partial charge in [0.05, 0.1) is 19.6 Å². The van der Waals surface area contributed by atoms with Crippen molar-refractivity contribution < 1.29 is 9.59 Å². The molecule has 1 aromatic heterocycles. The maximum atomic E-state index is 12.1. The van der Waals surface area contributed by atoms with Crippen LogP contribution in [0.4, 0.5) is 0 Å². The predicted molar refractivity (Wildman–Crippen MR) is 102 cm³/mol. The molecule has 1 fully saturated rings. The van der Waals surface area contributed by atoms with E-state index in [1.807, 2.05) is 12.3 Å². The molecule has 0 radical (unpaired) electrons. The molecule has 2 rings (SSSR count). The number of hydrogen-bond acceptors (Lipinski definition) is 5. The Morgan fingerprint density at radius 2 is 1.76 bits per heavy atom. The minimum atomic E-state index is 0.0655. The maximum Gasteiger partial charge on any atom is 0.234 e. The van der Waals surface area contributed by atoms with E-state index in [2.05, 4.69) is 40.3 Å². The Bertz CT molecular complexity index is 567. The Hall–Kier alpha value is -1.44. The standard InChI is InChI=1S/C18H30N4O2S/c1-4-15(3)20-18(24)13-22-8-6-21(7-9-22)12-17(23)19-11-16-14(2)5-10-25-16/h5,10,15H,4,6-9,11-13H2,1-3H3,(H,19,23)(H,20,24). The highest BCUT2D eigenvalue weighted by Gasteiger charge is 2.20. The molecule has 0 aliphatic carbocycles. The quantitative estimate of drug-likeness (QED) is 0.726. The lowest BCUT2D eigenvalue weighted by Crippen LogP contribution is -2.52. The van der Waals surface area contributed by atoms with Crippen molar-refractivity contribution in [2.45, 2.75) is 39.8 Å². The van der Waals surface area contributed by atoms with E-state index < -0.39 is 0 Å². The first-order chi connectivity index (χ1) is 12.0. The zero-order chi connectivity index (χ0) is 18.2. The summed E-state index contributed by atoms with van der Waals surface area (Å²) in [4.78, 5) is 29.6. The Morgan fingerprint density at radius 3 is 2.28 bits per heavy atom. The van der Waals surface area contributed by atoms with Crippen LogP contribution in [0.25, 0.3) is 0 Å². The van der Waals surface area contributed by atoms with Crippen molar-refractivity contribution in [1.29, 1.82) is 0 Å². The van der Waals surface area contributed by atoms with E-state index in [1.165, 1.54) is 10.4 Å². The lowest BCUT2D eigenvalue weighted by Gasteiger charge is -2.34. The van der Waals surface area contributed by atoms with E-state index in [9.17, 15) is 9.59 Å². The summed E-state index contributed by atoms with van der Waals surface area (Å²) in [5, 5.41) is 8.04. The van der Waals surface area contributed by atoms with Crippen LogP contribution >= 0.6 is 11.3 Å². The van der Waals surface area contributed by atoms with Crippen LogP contribution in [0.5, 0.6) is 0 Å². The molecule has 1 aliphatic rings. The summed E-state index contributed by atoms with van der Waals surface area (Å²) < 4.78 is 0. The number of amides is 2. The number of piperazine rings is 1. The lowest BCUT2D eigenvalue weighted by molar-refractivity contribution is -0.125. The second-order valence-electron chi connectivity index (χ2n) is 6.73. The van der Waals surface area contributed by atoms with E-state index >= 15 is 0 Å². The van der Waals surface area contributed by atoms with E-state index in [4.69, 9.17) is 0 Å². The number of rotatable bonds is 8. The van der Waals surface area contributed by atoms with Gasteiger partial charge in [-0.25, -0.2) is 0 Å². The van der Waals surface area contributed by atoms with Crippen molar-refractivity contribution in [3.05, 3.63) is 21.9 Å². The van der Waals surface area contributed by atoms with Gasteiger partial charge in [0.2, 0.25) is 11.8 Å². The summed E-state index contributed by atoms with van der Waals surface area (Å²) in [6, 6.07) is 2.30. The van der Waals surface area contributed by atoms with Gasteiger partial charge in [0, 0.05) is 37.1 Å². The van der Waals surface area contributed by atoms with Crippen LogP contribution < -0.4 is 10.6 Å². The fourth-order valence-electron chi connectivity index (χ4n) is 2.75. The summed E-state index contributed by atoms with van der Waals surface area (Å²) >= 11 is 1.68. The van der Waals surface area contributed by atoms with Gasteiger partial charge in [-0.3, -0.25) is 19.4 Å². The SMILES string of the molecule is CCC(C)NC(=O)CN1CCN(CC(=O)NCc2sccc2C)CC1. The zero-order valence-corrected chi connectivity index (χ0v) is 16.3. The third-order valence-corrected chi connectivity index (χ3v) is 5.66. The summed E-state index contributed by atoms with van der Waals surface area (Å²) in [5.74, 6) is 0.155. The monoisotopic (exact) mass is 366 g/mol. The van der Waals surface area contributed by atoms with Crippen molar-refractivity contribution in [2.24, 2.45) is 0 Å². The first-order valence-electron chi connectivity index (χ1n) is 9.01. The molecule has 0 spiro atoms. The molecule has 1 unspecified atom stereocenters. The Kier molecular flexibility index (Phi) is 7.87. The van der Waals surface area contributed by atoms with Gasteiger partial charge in [0.1, 0.15) is 0 Å². The summed E-state index contributed by atoms with van der Waals surface area (Å²) in [6.45, 7) is 10.9. The molecule has 0 bridgehead atoms.